The summed E-state index contributed by atoms with van der Waals surface area (Å²) in [5.74, 6) is -0.568. The number of hydrogen-bond donors (Lipinski definition) is 2. The number of phenols is 1. The molecule has 1 rings (SSSR count). The van der Waals surface area contributed by atoms with Crippen molar-refractivity contribution in [1.29, 1.82) is 0 Å². The predicted octanol–water partition coefficient (Wildman–Crippen LogP) is 0.140. The number of nitro benzene ring substituents is 1. The third kappa shape index (κ3) is 3.40. The van der Waals surface area contributed by atoms with Crippen molar-refractivity contribution in [3.8, 4) is 5.75 Å². The van der Waals surface area contributed by atoms with Crippen LogP contribution in [0.15, 0.2) is 23.1 Å². The summed E-state index contributed by atoms with van der Waals surface area (Å²) >= 11 is 0. The van der Waals surface area contributed by atoms with Gasteiger partial charge in [0, 0.05) is 26.2 Å². The maximum absolute atomic E-state index is 12.1. The zero-order valence-corrected chi connectivity index (χ0v) is 11.3. The van der Waals surface area contributed by atoms with E-state index >= 15 is 0 Å². The molecule has 0 fully saturated rings. The van der Waals surface area contributed by atoms with Gasteiger partial charge in [-0.3, -0.25) is 10.1 Å². The fraction of sp³-hybridized carbons (Fsp3) is 0.400. The molecule has 0 aromatic heterocycles. The first-order valence-electron chi connectivity index (χ1n) is 5.39. The summed E-state index contributed by atoms with van der Waals surface area (Å²) in [7, 11) is -0.740. The molecule has 8 nitrogen and oxygen atoms in total. The third-order valence-electron chi connectivity index (χ3n) is 2.53. The number of phenolic OH excluding ortho intramolecular Hbond substituents is 1. The van der Waals surface area contributed by atoms with Gasteiger partial charge < -0.3 is 10.4 Å². The van der Waals surface area contributed by atoms with Gasteiger partial charge in [-0.25, -0.2) is 8.42 Å². The number of sulfonamides is 1. The Balaban J connectivity index is 3.15. The van der Waals surface area contributed by atoms with Crippen LogP contribution in [0, 0.1) is 10.1 Å². The fourth-order valence-electron chi connectivity index (χ4n) is 1.38. The second-order valence-corrected chi connectivity index (χ2v) is 5.88. The summed E-state index contributed by atoms with van der Waals surface area (Å²) in [6, 6.07) is 2.98. The number of nitro groups is 1. The molecule has 0 amide bonds. The third-order valence-corrected chi connectivity index (χ3v) is 4.38. The molecule has 0 unspecified atom stereocenters. The van der Waals surface area contributed by atoms with E-state index in [1.165, 1.54) is 7.05 Å². The normalized spacial score (nSPS) is 11.7. The van der Waals surface area contributed by atoms with Crippen molar-refractivity contribution in [2.24, 2.45) is 0 Å². The van der Waals surface area contributed by atoms with Crippen LogP contribution in [0.3, 0.4) is 0 Å². The summed E-state index contributed by atoms with van der Waals surface area (Å²) in [6.45, 7) is 0.684. The number of likely N-dealkylation sites (N-methyl/N-ethyl adjacent to an activating group) is 2. The van der Waals surface area contributed by atoms with E-state index < -0.39 is 26.4 Å². The van der Waals surface area contributed by atoms with Crippen LogP contribution in [0.5, 0.6) is 5.75 Å². The Morgan fingerprint density at radius 3 is 2.63 bits per heavy atom. The molecule has 0 saturated heterocycles. The Morgan fingerprint density at radius 1 is 1.47 bits per heavy atom. The lowest BCUT2D eigenvalue weighted by atomic mass is 10.3. The molecular formula is C10H15N3O5S. The van der Waals surface area contributed by atoms with Crippen LogP contribution in [0.25, 0.3) is 0 Å². The van der Waals surface area contributed by atoms with Gasteiger partial charge >= 0.3 is 5.69 Å². The number of nitrogens with zero attached hydrogens (tertiary/aromatic N) is 2. The quantitative estimate of drug-likeness (QED) is 0.569. The molecule has 0 aliphatic heterocycles. The highest BCUT2D eigenvalue weighted by Gasteiger charge is 2.24. The minimum absolute atomic E-state index is 0.226. The topological polar surface area (TPSA) is 113 Å². The SMILES string of the molecule is CNCCN(C)S(=O)(=O)c1ccc(O)c([N+](=O)[O-])c1. The minimum atomic E-state index is -3.81. The Morgan fingerprint density at radius 2 is 2.11 bits per heavy atom. The zero-order valence-electron chi connectivity index (χ0n) is 10.5. The van der Waals surface area contributed by atoms with Crippen LogP contribution in [-0.4, -0.2) is 49.9 Å². The van der Waals surface area contributed by atoms with Gasteiger partial charge in [0.05, 0.1) is 9.82 Å². The van der Waals surface area contributed by atoms with Crippen molar-refractivity contribution in [2.45, 2.75) is 4.90 Å². The smallest absolute Gasteiger partial charge is 0.312 e. The molecule has 0 spiro atoms. The zero-order chi connectivity index (χ0) is 14.6. The minimum Gasteiger partial charge on any atom is -0.502 e. The van der Waals surface area contributed by atoms with E-state index in [0.29, 0.717) is 6.54 Å². The van der Waals surface area contributed by atoms with Gasteiger partial charge in [0.2, 0.25) is 10.0 Å². The van der Waals surface area contributed by atoms with Crippen LogP contribution >= 0.6 is 0 Å². The van der Waals surface area contributed by atoms with Crippen LogP contribution < -0.4 is 5.32 Å². The molecule has 0 aliphatic carbocycles. The van der Waals surface area contributed by atoms with Crippen molar-refractivity contribution < 1.29 is 18.4 Å². The molecule has 0 bridgehead atoms. The van der Waals surface area contributed by atoms with E-state index in [1.54, 1.807) is 7.05 Å². The van der Waals surface area contributed by atoms with Crippen LogP contribution in [0.1, 0.15) is 0 Å². The van der Waals surface area contributed by atoms with Crippen LogP contribution in [0.2, 0.25) is 0 Å². The first kappa shape index (κ1) is 15.3. The van der Waals surface area contributed by atoms with Gasteiger partial charge in [-0.1, -0.05) is 0 Å². The summed E-state index contributed by atoms with van der Waals surface area (Å²) in [4.78, 5) is 9.61. The largest absolute Gasteiger partial charge is 0.502 e. The Kier molecular flexibility index (Phi) is 4.81. The monoisotopic (exact) mass is 289 g/mol. The van der Waals surface area contributed by atoms with E-state index in [4.69, 9.17) is 0 Å². The lowest BCUT2D eigenvalue weighted by molar-refractivity contribution is -0.386. The summed E-state index contributed by atoms with van der Waals surface area (Å²) < 4.78 is 25.3. The number of hydrogen-bond acceptors (Lipinski definition) is 6. The molecule has 0 aliphatic rings. The molecular weight excluding hydrogens is 274 g/mol. The molecule has 19 heavy (non-hydrogen) atoms. The fourth-order valence-corrected chi connectivity index (χ4v) is 2.57. The van der Waals surface area contributed by atoms with Crippen molar-refractivity contribution in [1.82, 2.24) is 9.62 Å². The van der Waals surface area contributed by atoms with Gasteiger partial charge in [0.25, 0.3) is 0 Å². The van der Waals surface area contributed by atoms with Gasteiger partial charge in [-0.15, -0.1) is 0 Å². The lowest BCUT2D eigenvalue weighted by Crippen LogP contribution is -2.32. The highest BCUT2D eigenvalue weighted by molar-refractivity contribution is 7.89. The Labute approximate surface area is 110 Å². The van der Waals surface area contributed by atoms with Gasteiger partial charge in [-0.2, -0.15) is 4.31 Å². The molecule has 1 aromatic carbocycles. The highest BCUT2D eigenvalue weighted by Crippen LogP contribution is 2.29. The molecule has 0 atom stereocenters. The van der Waals surface area contributed by atoms with Crippen molar-refractivity contribution in [3.05, 3.63) is 28.3 Å². The number of nitrogens with one attached hydrogen (secondary N) is 1. The summed E-state index contributed by atoms with van der Waals surface area (Å²) in [6.07, 6.45) is 0. The standard InChI is InChI=1S/C10H15N3O5S/c1-11-5-6-12(2)19(17,18)8-3-4-10(14)9(7-8)13(15)16/h3-4,7,11,14H,5-6H2,1-2H3. The van der Waals surface area contributed by atoms with Gasteiger partial charge in [0.1, 0.15) is 0 Å². The second-order valence-electron chi connectivity index (χ2n) is 3.84. The maximum Gasteiger partial charge on any atom is 0.312 e. The van der Waals surface area contributed by atoms with E-state index in [0.717, 1.165) is 22.5 Å². The van der Waals surface area contributed by atoms with E-state index in [1.807, 2.05) is 0 Å². The maximum atomic E-state index is 12.1. The van der Waals surface area contributed by atoms with Gasteiger partial charge in [-0.05, 0) is 19.2 Å². The van der Waals surface area contributed by atoms with Crippen LogP contribution in [-0.2, 0) is 10.0 Å². The van der Waals surface area contributed by atoms with Crippen molar-refractivity contribution in [2.75, 3.05) is 27.2 Å². The number of benzene rings is 1. The average Bonchev–Trinajstić information content (AvgIpc) is 2.35. The van der Waals surface area contributed by atoms with Crippen LogP contribution in [0.4, 0.5) is 5.69 Å². The number of rotatable bonds is 6. The molecule has 0 radical (unpaired) electrons. The lowest BCUT2D eigenvalue weighted by Gasteiger charge is -2.16. The second kappa shape index (κ2) is 5.95. The Bertz CT molecular complexity index is 573. The summed E-state index contributed by atoms with van der Waals surface area (Å²) in [5.41, 5.74) is -0.636. The first-order chi connectivity index (χ1) is 8.80. The molecule has 0 heterocycles. The predicted molar refractivity (Wildman–Crippen MR) is 68.5 cm³/mol. The van der Waals surface area contributed by atoms with E-state index in [2.05, 4.69) is 5.32 Å². The molecule has 9 heteroatoms. The first-order valence-corrected chi connectivity index (χ1v) is 6.83. The molecule has 1 aromatic rings. The highest BCUT2D eigenvalue weighted by atomic mass is 32.2. The summed E-state index contributed by atoms with van der Waals surface area (Å²) in [5, 5.41) is 22.8. The van der Waals surface area contributed by atoms with E-state index in [9.17, 15) is 23.6 Å². The average molecular weight is 289 g/mol. The molecule has 106 valence electrons. The molecule has 0 saturated carbocycles. The van der Waals surface area contributed by atoms with E-state index in [-0.39, 0.29) is 11.4 Å². The molecule has 2 N–H and O–H groups in total. The van der Waals surface area contributed by atoms with Crippen molar-refractivity contribution in [3.63, 3.8) is 0 Å². The number of aromatic hydroxyl groups is 1. The van der Waals surface area contributed by atoms with Gasteiger partial charge in [0.15, 0.2) is 5.75 Å². The Hall–Kier alpha value is -1.71. The van der Waals surface area contributed by atoms with Crippen molar-refractivity contribution >= 4 is 15.7 Å².